The number of methoxy groups -OCH3 is 1. The molecule has 0 unspecified atom stereocenters. The first-order chi connectivity index (χ1) is 10.0. The van der Waals surface area contributed by atoms with Crippen LogP contribution in [0.4, 0.5) is 0 Å². The second kappa shape index (κ2) is 6.21. The molecular formula is C15H16N2O4. The van der Waals surface area contributed by atoms with Crippen molar-refractivity contribution in [2.45, 2.75) is 6.42 Å². The molecule has 110 valence electrons. The van der Waals surface area contributed by atoms with Gasteiger partial charge in [-0.3, -0.25) is 14.4 Å². The molecule has 1 amide bonds. The van der Waals surface area contributed by atoms with E-state index in [0.717, 1.165) is 0 Å². The summed E-state index contributed by atoms with van der Waals surface area (Å²) in [5.74, 6) is -0.688. The molecule has 0 saturated heterocycles. The van der Waals surface area contributed by atoms with Crippen LogP contribution in [-0.2, 0) is 9.53 Å². The predicted molar refractivity (Wildman–Crippen MR) is 78.2 cm³/mol. The van der Waals surface area contributed by atoms with Crippen LogP contribution in [0.25, 0.3) is 10.9 Å². The molecule has 0 aliphatic heterocycles. The number of fused-ring (bicyclic) bond motifs is 1. The first-order valence-corrected chi connectivity index (χ1v) is 6.47. The predicted octanol–water partition coefficient (Wildman–Crippen LogP) is 1.16. The number of ether oxygens (including phenoxy) is 1. The maximum atomic E-state index is 12.4. The highest BCUT2D eigenvalue weighted by Gasteiger charge is 2.16. The summed E-state index contributed by atoms with van der Waals surface area (Å²) in [5, 5.41) is 0.673. The summed E-state index contributed by atoms with van der Waals surface area (Å²) in [5.41, 5.74) is 0.592. The zero-order chi connectivity index (χ0) is 15.4. The lowest BCUT2D eigenvalue weighted by Crippen LogP contribution is -2.30. The van der Waals surface area contributed by atoms with Gasteiger partial charge in [-0.05, 0) is 6.07 Å². The Morgan fingerprint density at radius 2 is 2.00 bits per heavy atom. The Hall–Kier alpha value is -2.63. The van der Waals surface area contributed by atoms with Crippen molar-refractivity contribution in [1.82, 2.24) is 9.88 Å². The number of H-pyrrole nitrogens is 1. The molecule has 1 N–H and O–H groups in total. The second-order valence-electron chi connectivity index (χ2n) is 4.65. The average Bonchev–Trinajstić information content (AvgIpc) is 2.50. The lowest BCUT2D eigenvalue weighted by Gasteiger charge is -2.17. The fourth-order valence-corrected chi connectivity index (χ4v) is 2.05. The lowest BCUT2D eigenvalue weighted by molar-refractivity contribution is -0.140. The standard InChI is InChI=1S/C15H16N2O4/c1-17(8-7-14(19)21-2)15(20)11-9-13(18)16-12-6-4-3-5-10(11)12/h3-6,9H,7-8H2,1-2H3,(H,16,18). The fraction of sp³-hybridized carbons (Fsp3) is 0.267. The minimum absolute atomic E-state index is 0.111. The molecule has 21 heavy (non-hydrogen) atoms. The molecular weight excluding hydrogens is 272 g/mol. The Balaban J connectivity index is 2.30. The van der Waals surface area contributed by atoms with E-state index in [4.69, 9.17) is 0 Å². The first-order valence-electron chi connectivity index (χ1n) is 6.47. The number of nitrogens with one attached hydrogen (secondary N) is 1. The third-order valence-electron chi connectivity index (χ3n) is 3.21. The molecule has 0 atom stereocenters. The van der Waals surface area contributed by atoms with Gasteiger partial charge in [0.1, 0.15) is 0 Å². The van der Waals surface area contributed by atoms with Gasteiger partial charge in [-0.1, -0.05) is 18.2 Å². The van der Waals surface area contributed by atoms with Crippen LogP contribution in [0, 0.1) is 0 Å². The highest BCUT2D eigenvalue weighted by Crippen LogP contribution is 2.16. The molecule has 6 nitrogen and oxygen atoms in total. The molecule has 0 saturated carbocycles. The van der Waals surface area contributed by atoms with E-state index >= 15 is 0 Å². The van der Waals surface area contributed by atoms with Crippen LogP contribution in [0.15, 0.2) is 35.1 Å². The van der Waals surface area contributed by atoms with Gasteiger partial charge < -0.3 is 14.6 Å². The number of hydrogen-bond acceptors (Lipinski definition) is 4. The van der Waals surface area contributed by atoms with Crippen molar-refractivity contribution in [2.24, 2.45) is 0 Å². The van der Waals surface area contributed by atoms with Gasteiger partial charge in [0.05, 0.1) is 19.1 Å². The number of aromatic amines is 1. The molecule has 0 radical (unpaired) electrons. The zero-order valence-corrected chi connectivity index (χ0v) is 11.9. The van der Waals surface area contributed by atoms with Crippen molar-refractivity contribution < 1.29 is 14.3 Å². The van der Waals surface area contributed by atoms with Gasteiger partial charge in [0.25, 0.3) is 5.91 Å². The smallest absolute Gasteiger partial charge is 0.307 e. The van der Waals surface area contributed by atoms with Crippen molar-refractivity contribution >= 4 is 22.8 Å². The third-order valence-corrected chi connectivity index (χ3v) is 3.21. The second-order valence-corrected chi connectivity index (χ2v) is 4.65. The number of carbonyl (C=O) groups excluding carboxylic acids is 2. The van der Waals surface area contributed by atoms with E-state index in [1.165, 1.54) is 18.1 Å². The molecule has 0 spiro atoms. The maximum Gasteiger partial charge on any atom is 0.307 e. The Bertz CT molecular complexity index is 736. The van der Waals surface area contributed by atoms with Crippen LogP contribution < -0.4 is 5.56 Å². The monoisotopic (exact) mass is 288 g/mol. The van der Waals surface area contributed by atoms with E-state index in [0.29, 0.717) is 16.5 Å². The molecule has 6 heteroatoms. The van der Waals surface area contributed by atoms with Gasteiger partial charge in [0.15, 0.2) is 0 Å². The van der Waals surface area contributed by atoms with E-state index in [9.17, 15) is 14.4 Å². The van der Waals surface area contributed by atoms with Gasteiger partial charge >= 0.3 is 5.97 Å². The fourth-order valence-electron chi connectivity index (χ4n) is 2.05. The van der Waals surface area contributed by atoms with Gasteiger partial charge in [0, 0.05) is 30.6 Å². The molecule has 2 rings (SSSR count). The molecule has 0 aliphatic rings. The summed E-state index contributed by atoms with van der Waals surface area (Å²) in [6, 6.07) is 8.37. The van der Waals surface area contributed by atoms with Crippen LogP contribution in [0.1, 0.15) is 16.8 Å². The number of pyridine rings is 1. The highest BCUT2D eigenvalue weighted by atomic mass is 16.5. The van der Waals surface area contributed by atoms with Crippen molar-refractivity contribution in [3.63, 3.8) is 0 Å². The normalized spacial score (nSPS) is 10.4. The van der Waals surface area contributed by atoms with Crippen molar-refractivity contribution in [2.75, 3.05) is 20.7 Å². The van der Waals surface area contributed by atoms with E-state index in [2.05, 4.69) is 9.72 Å². The summed E-state index contributed by atoms with van der Waals surface area (Å²) >= 11 is 0. The molecule has 0 aliphatic carbocycles. The van der Waals surface area contributed by atoms with Gasteiger partial charge in [-0.25, -0.2) is 0 Å². The Labute approximate surface area is 121 Å². The quantitative estimate of drug-likeness (QED) is 0.856. The van der Waals surface area contributed by atoms with Crippen molar-refractivity contribution in [3.8, 4) is 0 Å². The molecule has 1 aromatic heterocycles. The summed E-state index contributed by atoms with van der Waals surface area (Å²) in [6.07, 6.45) is 0.111. The van der Waals surface area contributed by atoms with Crippen LogP contribution in [0.2, 0.25) is 0 Å². The van der Waals surface area contributed by atoms with Crippen LogP contribution in [0.5, 0.6) is 0 Å². The number of para-hydroxylation sites is 1. The van der Waals surface area contributed by atoms with Gasteiger partial charge in [-0.15, -0.1) is 0 Å². The largest absolute Gasteiger partial charge is 0.469 e. The first kappa shape index (κ1) is 14.8. The average molecular weight is 288 g/mol. The Kier molecular flexibility index (Phi) is 4.37. The Morgan fingerprint density at radius 1 is 1.29 bits per heavy atom. The van der Waals surface area contributed by atoms with Crippen molar-refractivity contribution in [3.05, 3.63) is 46.2 Å². The number of benzene rings is 1. The zero-order valence-electron chi connectivity index (χ0n) is 11.9. The number of esters is 1. The highest BCUT2D eigenvalue weighted by molar-refractivity contribution is 6.05. The SMILES string of the molecule is COC(=O)CCN(C)C(=O)c1cc(=O)[nH]c2ccccc12. The molecule has 2 aromatic rings. The van der Waals surface area contributed by atoms with E-state index in [1.807, 2.05) is 0 Å². The minimum atomic E-state index is -0.384. The number of hydrogen-bond donors (Lipinski definition) is 1. The maximum absolute atomic E-state index is 12.4. The van der Waals surface area contributed by atoms with E-state index in [1.54, 1.807) is 31.3 Å². The summed E-state index contributed by atoms with van der Waals surface area (Å²) in [6.45, 7) is 0.229. The van der Waals surface area contributed by atoms with Crippen molar-refractivity contribution in [1.29, 1.82) is 0 Å². The minimum Gasteiger partial charge on any atom is -0.469 e. The number of amides is 1. The van der Waals surface area contributed by atoms with Crippen LogP contribution in [0.3, 0.4) is 0 Å². The number of carbonyl (C=O) groups is 2. The van der Waals surface area contributed by atoms with E-state index in [-0.39, 0.29) is 30.4 Å². The number of rotatable bonds is 4. The van der Waals surface area contributed by atoms with Crippen LogP contribution >= 0.6 is 0 Å². The third kappa shape index (κ3) is 3.28. The summed E-state index contributed by atoms with van der Waals surface area (Å²) < 4.78 is 4.54. The number of aromatic nitrogens is 1. The molecule has 1 heterocycles. The molecule has 0 fully saturated rings. The Morgan fingerprint density at radius 3 is 2.71 bits per heavy atom. The lowest BCUT2D eigenvalue weighted by atomic mass is 10.1. The van der Waals surface area contributed by atoms with Crippen LogP contribution in [-0.4, -0.2) is 42.5 Å². The topological polar surface area (TPSA) is 79.5 Å². The number of nitrogens with zero attached hydrogens (tertiary/aromatic N) is 1. The van der Waals surface area contributed by atoms with Gasteiger partial charge in [-0.2, -0.15) is 0 Å². The summed E-state index contributed by atoms with van der Waals surface area (Å²) in [4.78, 5) is 39.3. The molecule has 0 bridgehead atoms. The molecule has 1 aromatic carbocycles. The van der Waals surface area contributed by atoms with E-state index < -0.39 is 0 Å². The summed E-state index contributed by atoms with van der Waals surface area (Å²) in [7, 11) is 2.88. The van der Waals surface area contributed by atoms with Gasteiger partial charge in [0.2, 0.25) is 5.56 Å².